The summed E-state index contributed by atoms with van der Waals surface area (Å²) in [6.07, 6.45) is 0.576. The van der Waals surface area contributed by atoms with Gasteiger partial charge in [-0.2, -0.15) is 11.8 Å². The van der Waals surface area contributed by atoms with Gasteiger partial charge in [-0.1, -0.05) is 0 Å². The molecule has 4 heteroatoms. The topological polar surface area (TPSA) is 38.3 Å². The van der Waals surface area contributed by atoms with Gasteiger partial charge in [-0.25, -0.2) is 4.79 Å². The van der Waals surface area contributed by atoms with Gasteiger partial charge in [0, 0.05) is 8.78 Å². The fourth-order valence-electron chi connectivity index (χ4n) is 0.738. The minimum Gasteiger partial charge on any atom is -0.444 e. The van der Waals surface area contributed by atoms with Gasteiger partial charge in [0.2, 0.25) is 0 Å². The average molecular weight is 221 g/mol. The van der Waals surface area contributed by atoms with Crippen LogP contribution in [0.2, 0.25) is 0 Å². The Morgan fingerprint density at radius 1 is 1.64 bits per heavy atom. The molecule has 0 aromatic rings. The minimum absolute atomic E-state index is 0.398. The van der Waals surface area contributed by atoms with Crippen molar-refractivity contribution in [3.63, 3.8) is 0 Å². The van der Waals surface area contributed by atoms with Crippen molar-refractivity contribution >= 4 is 17.9 Å². The van der Waals surface area contributed by atoms with E-state index in [0.717, 1.165) is 0 Å². The monoisotopic (exact) mass is 221 g/mol. The summed E-state index contributed by atoms with van der Waals surface area (Å²) >= 11 is 1.29. The lowest BCUT2D eigenvalue weighted by atomic mass is 10.2. The fraction of sp³-hybridized carbons (Fsp3) is 0.900. The van der Waals surface area contributed by atoms with E-state index < -0.39 is 29.9 Å². The largest absolute Gasteiger partial charge is 0.444 e. The quantitative estimate of drug-likeness (QED) is 0.793. The summed E-state index contributed by atoms with van der Waals surface area (Å²) < 4.78 is 20.4. The van der Waals surface area contributed by atoms with Gasteiger partial charge in [0.15, 0.2) is 0 Å². The van der Waals surface area contributed by atoms with Crippen molar-refractivity contribution in [3.05, 3.63) is 0 Å². The molecule has 0 unspecified atom stereocenters. The smallest absolute Gasteiger partial charge is 0.407 e. The Bertz CT molecular complexity index is 233. The Balaban J connectivity index is 4.14. The van der Waals surface area contributed by atoms with Crippen molar-refractivity contribution in [1.29, 1.82) is 0 Å². The molecule has 0 spiro atoms. The van der Waals surface area contributed by atoms with Crippen LogP contribution >= 0.6 is 11.8 Å². The molecular weight excluding hydrogens is 198 g/mol. The van der Waals surface area contributed by atoms with Gasteiger partial charge in [-0.05, 0) is 46.1 Å². The van der Waals surface area contributed by atoms with Crippen LogP contribution in [0, 0.1) is 0 Å². The van der Waals surface area contributed by atoms with Crippen molar-refractivity contribution in [2.75, 3.05) is 12.0 Å². The van der Waals surface area contributed by atoms with Gasteiger partial charge < -0.3 is 10.1 Å². The first-order valence-corrected chi connectivity index (χ1v) is 5.83. The lowest BCUT2D eigenvalue weighted by Gasteiger charge is -2.21. The number of thioether (sulfide) groups is 1. The summed E-state index contributed by atoms with van der Waals surface area (Å²) in [5, 5.41) is 2.57. The first kappa shape index (κ1) is 10.1. The number of carbonyl (C=O) groups excluding carboxylic acids is 1. The molecule has 0 heterocycles. The van der Waals surface area contributed by atoms with Crippen LogP contribution in [0.5, 0.6) is 0 Å². The minimum atomic E-state index is -0.664. The second kappa shape index (κ2) is 6.17. The number of amides is 1. The molecular formula is C10H21NO2S. The highest BCUT2D eigenvalue weighted by atomic mass is 32.2. The highest BCUT2D eigenvalue weighted by Crippen LogP contribution is 2.07. The van der Waals surface area contributed by atoms with Crippen LogP contribution in [0.3, 0.4) is 0 Å². The molecule has 0 saturated carbocycles. The van der Waals surface area contributed by atoms with Crippen LogP contribution < -0.4 is 5.32 Å². The van der Waals surface area contributed by atoms with E-state index in [-0.39, 0.29) is 0 Å². The summed E-state index contributed by atoms with van der Waals surface area (Å²) in [6, 6.07) is -0.398. The molecule has 0 aliphatic heterocycles. The maximum absolute atomic E-state index is 11.4. The zero-order valence-corrected chi connectivity index (χ0v) is 10.3. The molecule has 0 aromatic heterocycles. The third-order valence-corrected chi connectivity index (χ3v) is 1.68. The zero-order valence-electron chi connectivity index (χ0n) is 11.5. The van der Waals surface area contributed by atoms with E-state index in [4.69, 9.17) is 7.48 Å². The van der Waals surface area contributed by atoms with Crippen LogP contribution in [0.1, 0.15) is 36.8 Å². The van der Waals surface area contributed by atoms with Gasteiger partial charge in [-0.3, -0.25) is 0 Å². The highest BCUT2D eigenvalue weighted by Gasteiger charge is 2.17. The van der Waals surface area contributed by atoms with Crippen molar-refractivity contribution < 1.29 is 12.3 Å². The van der Waals surface area contributed by atoms with Crippen molar-refractivity contribution in [3.8, 4) is 0 Å². The van der Waals surface area contributed by atoms with Gasteiger partial charge in [0.05, 0.1) is 0 Å². The lowest BCUT2D eigenvalue weighted by Crippen LogP contribution is -2.37. The molecule has 0 aliphatic rings. The predicted octanol–water partition coefficient (Wildman–Crippen LogP) is 2.65. The number of hydrogen-bond acceptors (Lipinski definition) is 3. The van der Waals surface area contributed by atoms with Crippen molar-refractivity contribution in [1.82, 2.24) is 5.32 Å². The number of hydrogen-bond donors (Lipinski definition) is 1. The fourth-order valence-corrected chi connectivity index (χ4v) is 1.13. The molecule has 0 aliphatic carbocycles. The molecule has 14 heavy (non-hydrogen) atoms. The molecule has 1 amide bonds. The normalized spacial score (nSPS) is 20.1. The molecule has 3 nitrogen and oxygen atoms in total. The molecule has 0 saturated heterocycles. The van der Waals surface area contributed by atoms with Crippen LogP contribution in [0.15, 0.2) is 0 Å². The van der Waals surface area contributed by atoms with Crippen molar-refractivity contribution in [2.24, 2.45) is 0 Å². The van der Waals surface area contributed by atoms with E-state index in [1.165, 1.54) is 11.8 Å². The van der Waals surface area contributed by atoms with E-state index in [1.54, 1.807) is 34.0 Å². The number of rotatable bonds is 4. The SMILES string of the molecule is [2H][C@H]([C@@H](C)NC(=O)OC(C)(C)C)[C@@H]([2H])SC. The Hall–Kier alpha value is -0.380. The second-order valence-corrected chi connectivity index (χ2v) is 4.74. The molecule has 0 bridgehead atoms. The van der Waals surface area contributed by atoms with E-state index in [9.17, 15) is 4.79 Å². The molecule has 0 fully saturated rings. The number of alkyl carbamates (subject to hydrolysis) is 1. The standard InChI is InChI=1S/C10H21NO2S/c1-8(6-7-14-5)11-9(12)13-10(2,3)4/h8H,6-7H2,1-5H3,(H,11,12)/t8-/m1/s1/i6D,7D/t6-,7+,8+/m0. The zero-order chi connectivity index (χ0) is 12.9. The van der Waals surface area contributed by atoms with E-state index in [0.29, 0.717) is 0 Å². The summed E-state index contributed by atoms with van der Waals surface area (Å²) in [4.78, 5) is 11.4. The van der Waals surface area contributed by atoms with Crippen LogP contribution in [-0.4, -0.2) is 29.7 Å². The van der Waals surface area contributed by atoms with Gasteiger partial charge in [-0.15, -0.1) is 0 Å². The molecule has 0 aromatic carbocycles. The molecule has 3 atom stereocenters. The van der Waals surface area contributed by atoms with Crippen LogP contribution in [0.25, 0.3) is 0 Å². The molecule has 84 valence electrons. The number of nitrogens with one attached hydrogen (secondary N) is 1. The summed E-state index contributed by atoms with van der Waals surface area (Å²) in [5.74, 6) is 0. The second-order valence-electron chi connectivity index (χ2n) is 4.00. The third kappa shape index (κ3) is 8.23. The highest BCUT2D eigenvalue weighted by molar-refractivity contribution is 7.98. The van der Waals surface area contributed by atoms with E-state index in [1.807, 2.05) is 0 Å². The number of ether oxygens (including phenoxy) is 1. The first-order valence-electron chi connectivity index (χ1n) is 5.69. The maximum Gasteiger partial charge on any atom is 0.407 e. The molecule has 0 rings (SSSR count). The third-order valence-electron chi connectivity index (χ3n) is 1.25. The Kier molecular flexibility index (Phi) is 4.47. The maximum atomic E-state index is 11.4. The first-order chi connectivity index (χ1) is 7.17. The van der Waals surface area contributed by atoms with E-state index >= 15 is 0 Å². The predicted molar refractivity (Wildman–Crippen MR) is 61.8 cm³/mol. The number of carbonyl (C=O) groups is 1. The molecule has 0 radical (unpaired) electrons. The van der Waals surface area contributed by atoms with Gasteiger partial charge in [0.1, 0.15) is 5.60 Å². The van der Waals surface area contributed by atoms with Crippen LogP contribution in [0.4, 0.5) is 4.79 Å². The summed E-state index contributed by atoms with van der Waals surface area (Å²) in [6.45, 7) is 7.05. The summed E-state index contributed by atoms with van der Waals surface area (Å²) in [5.41, 5.74) is -1.11. The Morgan fingerprint density at radius 3 is 2.64 bits per heavy atom. The van der Waals surface area contributed by atoms with Crippen LogP contribution in [-0.2, 0) is 4.74 Å². The average Bonchev–Trinajstić information content (AvgIpc) is 2.12. The van der Waals surface area contributed by atoms with Crippen molar-refractivity contribution in [2.45, 2.75) is 45.7 Å². The van der Waals surface area contributed by atoms with Gasteiger partial charge in [0.25, 0.3) is 0 Å². The van der Waals surface area contributed by atoms with Gasteiger partial charge >= 0.3 is 6.09 Å². The summed E-state index contributed by atoms with van der Waals surface area (Å²) in [7, 11) is 0. The lowest BCUT2D eigenvalue weighted by molar-refractivity contribution is 0.0508. The Labute approximate surface area is 93.8 Å². The Morgan fingerprint density at radius 2 is 2.21 bits per heavy atom. The van der Waals surface area contributed by atoms with E-state index in [2.05, 4.69) is 5.32 Å². The molecule has 1 N–H and O–H groups in total.